The molecule has 2 rings (SSSR count). The van der Waals surface area contributed by atoms with Crippen LogP contribution in [-0.4, -0.2) is 18.7 Å². The number of aryl methyl sites for hydroxylation is 3. The van der Waals surface area contributed by atoms with Gasteiger partial charge in [0.25, 0.3) is 5.91 Å². The first-order chi connectivity index (χ1) is 10.6. The minimum Gasteiger partial charge on any atom is -0.483 e. The predicted octanol–water partition coefficient (Wildman–Crippen LogP) is 3.14. The van der Waals surface area contributed by atoms with Crippen molar-refractivity contribution in [3.05, 3.63) is 64.7 Å². The summed E-state index contributed by atoms with van der Waals surface area (Å²) in [5.41, 5.74) is 6.61. The second kappa shape index (κ2) is 7.41. The molecule has 114 valence electrons. The molecule has 0 unspecified atom stereocenters. The van der Waals surface area contributed by atoms with Gasteiger partial charge in [0, 0.05) is 0 Å². The molecular formula is C18H20N2O2. The van der Waals surface area contributed by atoms with E-state index in [4.69, 9.17) is 4.74 Å². The predicted molar refractivity (Wildman–Crippen MR) is 88.3 cm³/mol. The Bertz CT molecular complexity index is 656. The molecule has 0 aromatic heterocycles. The monoisotopic (exact) mass is 296 g/mol. The van der Waals surface area contributed by atoms with Gasteiger partial charge in [-0.05, 0) is 37.5 Å². The number of benzene rings is 2. The summed E-state index contributed by atoms with van der Waals surface area (Å²) in [5, 5.41) is 3.91. The quantitative estimate of drug-likeness (QED) is 0.680. The molecule has 0 atom stereocenters. The Kier molecular flexibility index (Phi) is 5.31. The van der Waals surface area contributed by atoms with Gasteiger partial charge < -0.3 is 4.74 Å². The molecule has 0 saturated carbocycles. The van der Waals surface area contributed by atoms with Crippen molar-refractivity contribution in [3.8, 4) is 5.75 Å². The second-order valence-corrected chi connectivity index (χ2v) is 5.22. The van der Waals surface area contributed by atoms with Crippen LogP contribution < -0.4 is 10.2 Å². The third-order valence-corrected chi connectivity index (χ3v) is 3.15. The van der Waals surface area contributed by atoms with E-state index in [-0.39, 0.29) is 12.5 Å². The van der Waals surface area contributed by atoms with Crippen LogP contribution in [0.15, 0.2) is 47.6 Å². The number of ether oxygens (including phenoxy) is 1. The highest BCUT2D eigenvalue weighted by Crippen LogP contribution is 2.24. The van der Waals surface area contributed by atoms with Gasteiger partial charge >= 0.3 is 0 Å². The number of carbonyl (C=O) groups excluding carboxylic acids is 1. The number of hydrogen-bond donors (Lipinski definition) is 1. The Balaban J connectivity index is 1.87. The number of hydrazone groups is 1. The first-order valence-electron chi connectivity index (χ1n) is 7.14. The molecule has 0 spiro atoms. The molecule has 22 heavy (non-hydrogen) atoms. The molecule has 1 N–H and O–H groups in total. The maximum atomic E-state index is 11.7. The summed E-state index contributed by atoms with van der Waals surface area (Å²) in [7, 11) is 0. The van der Waals surface area contributed by atoms with Crippen LogP contribution in [0.4, 0.5) is 0 Å². The molecule has 1 amide bonds. The van der Waals surface area contributed by atoms with E-state index in [1.54, 1.807) is 6.21 Å². The van der Waals surface area contributed by atoms with Crippen molar-refractivity contribution in [1.82, 2.24) is 5.43 Å². The summed E-state index contributed by atoms with van der Waals surface area (Å²) in [6.07, 6.45) is 1.60. The first kappa shape index (κ1) is 15.8. The smallest absolute Gasteiger partial charge is 0.277 e. The zero-order valence-corrected chi connectivity index (χ0v) is 13.1. The third kappa shape index (κ3) is 4.45. The number of hydrogen-bond acceptors (Lipinski definition) is 3. The SMILES string of the molecule is Cc1cc(C)c(OCC(=O)N/N=C\c2ccccc2)c(C)c1. The Labute approximate surface area is 130 Å². The van der Waals surface area contributed by atoms with Crippen molar-refractivity contribution in [2.24, 2.45) is 5.10 Å². The highest BCUT2D eigenvalue weighted by molar-refractivity contribution is 5.82. The van der Waals surface area contributed by atoms with E-state index in [1.807, 2.05) is 63.2 Å². The van der Waals surface area contributed by atoms with E-state index in [9.17, 15) is 4.79 Å². The van der Waals surface area contributed by atoms with Crippen LogP contribution >= 0.6 is 0 Å². The fraction of sp³-hybridized carbons (Fsp3) is 0.222. The van der Waals surface area contributed by atoms with E-state index in [1.165, 1.54) is 5.56 Å². The van der Waals surface area contributed by atoms with Crippen LogP contribution in [0.2, 0.25) is 0 Å². The summed E-state index contributed by atoms with van der Waals surface area (Å²) >= 11 is 0. The number of nitrogens with zero attached hydrogens (tertiary/aromatic N) is 1. The van der Waals surface area contributed by atoms with Crippen molar-refractivity contribution < 1.29 is 9.53 Å². The van der Waals surface area contributed by atoms with Gasteiger partial charge in [-0.15, -0.1) is 0 Å². The fourth-order valence-electron chi connectivity index (χ4n) is 2.28. The van der Waals surface area contributed by atoms with Gasteiger partial charge in [-0.3, -0.25) is 4.79 Å². The molecule has 2 aromatic rings. The fourth-order valence-corrected chi connectivity index (χ4v) is 2.28. The lowest BCUT2D eigenvalue weighted by Crippen LogP contribution is -2.25. The molecule has 0 fully saturated rings. The van der Waals surface area contributed by atoms with E-state index in [2.05, 4.69) is 10.5 Å². The van der Waals surface area contributed by atoms with E-state index in [0.29, 0.717) is 0 Å². The summed E-state index contributed by atoms with van der Waals surface area (Å²) in [6.45, 7) is 5.92. The van der Waals surface area contributed by atoms with Gasteiger partial charge in [-0.25, -0.2) is 5.43 Å². The molecule has 4 nitrogen and oxygen atoms in total. The molecule has 0 saturated heterocycles. The Morgan fingerprint density at radius 2 is 1.77 bits per heavy atom. The molecule has 0 bridgehead atoms. The molecule has 0 aliphatic rings. The first-order valence-corrected chi connectivity index (χ1v) is 7.14. The molecule has 0 heterocycles. The van der Waals surface area contributed by atoms with E-state index < -0.39 is 0 Å². The lowest BCUT2D eigenvalue weighted by molar-refractivity contribution is -0.123. The number of amides is 1. The zero-order chi connectivity index (χ0) is 15.9. The van der Waals surface area contributed by atoms with Crippen molar-refractivity contribution in [2.45, 2.75) is 20.8 Å². The van der Waals surface area contributed by atoms with Crippen LogP contribution in [0.1, 0.15) is 22.3 Å². The molecule has 0 aliphatic heterocycles. The van der Waals surface area contributed by atoms with Gasteiger partial charge in [0.2, 0.25) is 0 Å². The highest BCUT2D eigenvalue weighted by Gasteiger charge is 2.07. The molecule has 0 radical (unpaired) electrons. The van der Waals surface area contributed by atoms with Gasteiger partial charge in [-0.2, -0.15) is 5.10 Å². The number of nitrogens with one attached hydrogen (secondary N) is 1. The molecule has 4 heteroatoms. The lowest BCUT2D eigenvalue weighted by Gasteiger charge is -2.12. The molecule has 2 aromatic carbocycles. The Hall–Kier alpha value is -2.62. The second-order valence-electron chi connectivity index (χ2n) is 5.22. The van der Waals surface area contributed by atoms with Gasteiger partial charge in [0.05, 0.1) is 6.21 Å². The standard InChI is InChI=1S/C18H20N2O2/c1-13-9-14(2)18(15(3)10-13)22-12-17(21)20-19-11-16-7-5-4-6-8-16/h4-11H,12H2,1-3H3,(H,20,21)/b19-11-. The summed E-state index contributed by atoms with van der Waals surface area (Å²) < 4.78 is 5.60. The number of carbonyl (C=O) groups is 1. The maximum absolute atomic E-state index is 11.7. The number of rotatable bonds is 5. The largest absolute Gasteiger partial charge is 0.483 e. The molecular weight excluding hydrogens is 276 g/mol. The van der Waals surface area contributed by atoms with Crippen LogP contribution in [0.25, 0.3) is 0 Å². The van der Waals surface area contributed by atoms with Gasteiger partial charge in [-0.1, -0.05) is 48.0 Å². The maximum Gasteiger partial charge on any atom is 0.277 e. The van der Waals surface area contributed by atoms with Crippen LogP contribution in [0, 0.1) is 20.8 Å². The highest BCUT2D eigenvalue weighted by atomic mass is 16.5. The average molecular weight is 296 g/mol. The summed E-state index contributed by atoms with van der Waals surface area (Å²) in [5.74, 6) is 0.472. The molecule has 0 aliphatic carbocycles. The average Bonchev–Trinajstić information content (AvgIpc) is 2.47. The van der Waals surface area contributed by atoms with Crippen LogP contribution in [0.3, 0.4) is 0 Å². The van der Waals surface area contributed by atoms with Crippen molar-refractivity contribution in [3.63, 3.8) is 0 Å². The van der Waals surface area contributed by atoms with Gasteiger partial charge in [0.1, 0.15) is 5.75 Å². The van der Waals surface area contributed by atoms with Crippen molar-refractivity contribution in [1.29, 1.82) is 0 Å². The minimum absolute atomic E-state index is 0.0587. The zero-order valence-electron chi connectivity index (χ0n) is 13.1. The topological polar surface area (TPSA) is 50.7 Å². The van der Waals surface area contributed by atoms with Gasteiger partial charge in [0.15, 0.2) is 6.61 Å². The normalized spacial score (nSPS) is 10.7. The van der Waals surface area contributed by atoms with Crippen LogP contribution in [0.5, 0.6) is 5.75 Å². The lowest BCUT2D eigenvalue weighted by atomic mass is 10.1. The van der Waals surface area contributed by atoms with Crippen molar-refractivity contribution in [2.75, 3.05) is 6.61 Å². The Morgan fingerprint density at radius 1 is 1.14 bits per heavy atom. The van der Waals surface area contributed by atoms with Crippen molar-refractivity contribution >= 4 is 12.1 Å². The third-order valence-electron chi connectivity index (χ3n) is 3.15. The van der Waals surface area contributed by atoms with E-state index in [0.717, 1.165) is 22.4 Å². The summed E-state index contributed by atoms with van der Waals surface area (Å²) in [6, 6.07) is 13.6. The minimum atomic E-state index is -0.286. The summed E-state index contributed by atoms with van der Waals surface area (Å²) in [4.78, 5) is 11.7. The van der Waals surface area contributed by atoms with Crippen LogP contribution in [-0.2, 0) is 4.79 Å². The Morgan fingerprint density at radius 3 is 2.41 bits per heavy atom. The van der Waals surface area contributed by atoms with E-state index >= 15 is 0 Å².